The molecule has 4 nitrogen and oxygen atoms in total. The van der Waals surface area contributed by atoms with Crippen molar-refractivity contribution in [2.24, 2.45) is 5.73 Å². The number of likely N-dealkylation sites (tertiary alicyclic amines) is 1. The number of amides is 1. The minimum Gasteiger partial charge on any atom is -0.326 e. The van der Waals surface area contributed by atoms with Crippen LogP contribution in [-0.4, -0.2) is 42.5 Å². The summed E-state index contributed by atoms with van der Waals surface area (Å²) >= 11 is 0. The standard InChI is InChI=1S/C15H23N3O/c1-12(2)18(14-6-4-3-5-7-14)15(19)11-17-9-8-13(16)10-17/h3-7,12-13H,8-11,16H2,1-2H3. The second-order valence-corrected chi connectivity index (χ2v) is 5.48. The Balaban J connectivity index is 2.05. The second kappa shape index (κ2) is 6.17. The third-order valence-electron chi connectivity index (χ3n) is 3.49. The van der Waals surface area contributed by atoms with Crippen LogP contribution in [0.1, 0.15) is 20.3 Å². The van der Waals surface area contributed by atoms with E-state index in [-0.39, 0.29) is 18.0 Å². The molecular formula is C15H23N3O. The summed E-state index contributed by atoms with van der Waals surface area (Å²) in [6, 6.07) is 10.2. The maximum absolute atomic E-state index is 12.5. The van der Waals surface area contributed by atoms with Crippen molar-refractivity contribution in [3.05, 3.63) is 30.3 Å². The van der Waals surface area contributed by atoms with Crippen molar-refractivity contribution in [3.8, 4) is 0 Å². The van der Waals surface area contributed by atoms with E-state index in [1.54, 1.807) is 0 Å². The second-order valence-electron chi connectivity index (χ2n) is 5.48. The van der Waals surface area contributed by atoms with E-state index in [1.165, 1.54) is 0 Å². The van der Waals surface area contributed by atoms with E-state index in [0.717, 1.165) is 25.2 Å². The summed E-state index contributed by atoms with van der Waals surface area (Å²) in [4.78, 5) is 16.5. The number of hydrogen-bond acceptors (Lipinski definition) is 3. The van der Waals surface area contributed by atoms with Gasteiger partial charge in [-0.2, -0.15) is 0 Å². The van der Waals surface area contributed by atoms with Crippen LogP contribution in [-0.2, 0) is 4.79 Å². The van der Waals surface area contributed by atoms with Gasteiger partial charge in [-0.15, -0.1) is 0 Å². The van der Waals surface area contributed by atoms with Crippen LogP contribution in [0.4, 0.5) is 5.69 Å². The van der Waals surface area contributed by atoms with Crippen molar-refractivity contribution in [2.75, 3.05) is 24.5 Å². The Hall–Kier alpha value is -1.39. The summed E-state index contributed by atoms with van der Waals surface area (Å²) in [6.45, 7) is 6.29. The lowest BCUT2D eigenvalue weighted by Gasteiger charge is -2.29. The Morgan fingerprint density at radius 2 is 2.11 bits per heavy atom. The first-order chi connectivity index (χ1) is 9.08. The van der Waals surface area contributed by atoms with Crippen LogP contribution < -0.4 is 10.6 Å². The molecule has 0 saturated carbocycles. The summed E-state index contributed by atoms with van der Waals surface area (Å²) < 4.78 is 0. The molecule has 1 unspecified atom stereocenters. The molecule has 2 N–H and O–H groups in total. The van der Waals surface area contributed by atoms with E-state index in [1.807, 2.05) is 49.1 Å². The average molecular weight is 261 g/mol. The van der Waals surface area contributed by atoms with Crippen molar-refractivity contribution in [1.29, 1.82) is 0 Å². The first-order valence-electron chi connectivity index (χ1n) is 6.93. The van der Waals surface area contributed by atoms with Gasteiger partial charge in [0.2, 0.25) is 5.91 Å². The van der Waals surface area contributed by atoms with Crippen LogP contribution in [0.25, 0.3) is 0 Å². The number of anilines is 1. The fourth-order valence-corrected chi connectivity index (χ4v) is 2.59. The van der Waals surface area contributed by atoms with Gasteiger partial charge >= 0.3 is 0 Å². The third-order valence-corrected chi connectivity index (χ3v) is 3.49. The zero-order valence-corrected chi connectivity index (χ0v) is 11.7. The molecule has 1 aliphatic rings. The van der Waals surface area contributed by atoms with E-state index in [4.69, 9.17) is 5.73 Å². The van der Waals surface area contributed by atoms with Crippen LogP contribution in [0.3, 0.4) is 0 Å². The number of rotatable bonds is 4. The normalized spacial score (nSPS) is 19.9. The summed E-state index contributed by atoms with van der Waals surface area (Å²) in [5.41, 5.74) is 6.85. The summed E-state index contributed by atoms with van der Waals surface area (Å²) in [7, 11) is 0. The Morgan fingerprint density at radius 3 is 2.63 bits per heavy atom. The molecule has 1 atom stereocenters. The molecule has 1 amide bonds. The van der Waals surface area contributed by atoms with Gasteiger partial charge in [0, 0.05) is 30.9 Å². The van der Waals surface area contributed by atoms with Crippen LogP contribution in [0.5, 0.6) is 0 Å². The van der Waals surface area contributed by atoms with Gasteiger partial charge in [-0.25, -0.2) is 0 Å². The maximum Gasteiger partial charge on any atom is 0.241 e. The van der Waals surface area contributed by atoms with Gasteiger partial charge in [0.15, 0.2) is 0 Å². The molecule has 1 aromatic carbocycles. The summed E-state index contributed by atoms with van der Waals surface area (Å²) in [5.74, 6) is 0.148. The largest absolute Gasteiger partial charge is 0.326 e. The molecule has 1 fully saturated rings. The summed E-state index contributed by atoms with van der Waals surface area (Å²) in [5, 5.41) is 0. The summed E-state index contributed by atoms with van der Waals surface area (Å²) in [6.07, 6.45) is 0.986. The van der Waals surface area contributed by atoms with Crippen LogP contribution >= 0.6 is 0 Å². The van der Waals surface area contributed by atoms with Crippen molar-refractivity contribution >= 4 is 11.6 Å². The van der Waals surface area contributed by atoms with Crippen molar-refractivity contribution < 1.29 is 4.79 Å². The molecule has 104 valence electrons. The molecule has 2 rings (SSSR count). The quantitative estimate of drug-likeness (QED) is 0.892. The topological polar surface area (TPSA) is 49.6 Å². The number of carbonyl (C=O) groups is 1. The molecular weight excluding hydrogens is 238 g/mol. The van der Waals surface area contributed by atoms with Crippen LogP contribution in [0.2, 0.25) is 0 Å². The Morgan fingerprint density at radius 1 is 1.42 bits per heavy atom. The number of para-hydroxylation sites is 1. The highest BCUT2D eigenvalue weighted by molar-refractivity contribution is 5.95. The SMILES string of the molecule is CC(C)N(C(=O)CN1CCC(N)C1)c1ccccc1. The molecule has 0 radical (unpaired) electrons. The van der Waals surface area contributed by atoms with Gasteiger partial charge in [-0.05, 0) is 32.4 Å². The van der Waals surface area contributed by atoms with E-state index >= 15 is 0 Å². The van der Waals surface area contributed by atoms with Gasteiger partial charge in [0.25, 0.3) is 0 Å². The molecule has 0 spiro atoms. The van der Waals surface area contributed by atoms with Gasteiger partial charge in [-0.3, -0.25) is 9.69 Å². The highest BCUT2D eigenvalue weighted by atomic mass is 16.2. The lowest BCUT2D eigenvalue weighted by molar-refractivity contribution is -0.119. The molecule has 1 aliphatic heterocycles. The number of nitrogens with two attached hydrogens (primary N) is 1. The van der Waals surface area contributed by atoms with Gasteiger partial charge in [0.1, 0.15) is 0 Å². The molecule has 1 saturated heterocycles. The molecule has 1 heterocycles. The highest BCUT2D eigenvalue weighted by Gasteiger charge is 2.25. The first-order valence-corrected chi connectivity index (χ1v) is 6.93. The van der Waals surface area contributed by atoms with Crippen molar-refractivity contribution in [1.82, 2.24) is 4.90 Å². The average Bonchev–Trinajstić information content (AvgIpc) is 2.75. The number of nitrogens with zero attached hydrogens (tertiary/aromatic N) is 2. The number of hydrogen-bond donors (Lipinski definition) is 1. The third kappa shape index (κ3) is 3.55. The molecule has 0 bridgehead atoms. The Kier molecular flexibility index (Phi) is 4.56. The highest BCUT2D eigenvalue weighted by Crippen LogP contribution is 2.17. The van der Waals surface area contributed by atoms with E-state index < -0.39 is 0 Å². The smallest absolute Gasteiger partial charge is 0.241 e. The minimum atomic E-state index is 0.148. The lowest BCUT2D eigenvalue weighted by Crippen LogP contribution is -2.43. The minimum absolute atomic E-state index is 0.148. The number of benzene rings is 1. The van der Waals surface area contributed by atoms with E-state index in [9.17, 15) is 4.79 Å². The van der Waals surface area contributed by atoms with Crippen molar-refractivity contribution in [2.45, 2.75) is 32.4 Å². The molecule has 19 heavy (non-hydrogen) atoms. The zero-order valence-electron chi connectivity index (χ0n) is 11.7. The predicted molar refractivity (Wildman–Crippen MR) is 78.1 cm³/mol. The van der Waals surface area contributed by atoms with Gasteiger partial charge < -0.3 is 10.6 Å². The Bertz CT molecular complexity index is 419. The lowest BCUT2D eigenvalue weighted by atomic mass is 10.2. The fraction of sp³-hybridized carbons (Fsp3) is 0.533. The number of carbonyl (C=O) groups excluding carboxylic acids is 1. The molecule has 0 aliphatic carbocycles. The molecule has 1 aromatic rings. The monoisotopic (exact) mass is 261 g/mol. The van der Waals surface area contributed by atoms with Crippen LogP contribution in [0.15, 0.2) is 30.3 Å². The fourth-order valence-electron chi connectivity index (χ4n) is 2.59. The molecule has 4 heteroatoms. The predicted octanol–water partition coefficient (Wildman–Crippen LogP) is 1.46. The maximum atomic E-state index is 12.5. The van der Waals surface area contributed by atoms with Crippen LogP contribution in [0, 0.1) is 0 Å². The van der Waals surface area contributed by atoms with E-state index in [0.29, 0.717) is 6.54 Å². The Labute approximate surface area is 115 Å². The zero-order chi connectivity index (χ0) is 13.8. The van der Waals surface area contributed by atoms with Gasteiger partial charge in [-0.1, -0.05) is 18.2 Å². The van der Waals surface area contributed by atoms with E-state index in [2.05, 4.69) is 4.90 Å². The van der Waals surface area contributed by atoms with Crippen molar-refractivity contribution in [3.63, 3.8) is 0 Å². The molecule has 0 aromatic heterocycles. The van der Waals surface area contributed by atoms with Gasteiger partial charge in [0.05, 0.1) is 6.54 Å². The first kappa shape index (κ1) is 14.0.